The van der Waals surface area contributed by atoms with Crippen LogP contribution in [-0.4, -0.2) is 29.9 Å². The minimum Gasteiger partial charge on any atom is -0.340 e. The number of fused-ring (bicyclic) bond motifs is 6. The quantitative estimate of drug-likeness (QED) is 0.540. The van der Waals surface area contributed by atoms with E-state index in [0.29, 0.717) is 0 Å². The Hall–Kier alpha value is -2.37. The van der Waals surface area contributed by atoms with Crippen molar-refractivity contribution in [2.75, 3.05) is 0 Å². The van der Waals surface area contributed by atoms with Crippen molar-refractivity contribution in [1.82, 2.24) is 29.9 Å². The molecule has 0 aliphatic rings. The largest absolute Gasteiger partial charge is 0.340 e. The van der Waals surface area contributed by atoms with E-state index in [0.717, 1.165) is 69.8 Å². The molecule has 0 fully saturated rings. The molecular weight excluding hydrogens is 264 g/mol. The topological polar surface area (TPSA) is 86.0 Å². The Morgan fingerprint density at radius 3 is 1.48 bits per heavy atom. The summed E-state index contributed by atoms with van der Waals surface area (Å²) < 4.78 is 0. The van der Waals surface area contributed by atoms with Gasteiger partial charge in [0.05, 0.1) is 16.6 Å². The fourth-order valence-corrected chi connectivity index (χ4v) is 2.83. The first-order valence-corrected chi connectivity index (χ1v) is 7.52. The number of nitrogens with one attached hydrogen (secondary N) is 3. The van der Waals surface area contributed by atoms with E-state index in [2.05, 4.69) is 35.7 Å². The Balaban J connectivity index is 2.24. The van der Waals surface area contributed by atoms with Gasteiger partial charge in [0.25, 0.3) is 0 Å². The number of aryl methyl sites for hydroxylation is 3. The molecular formula is C15H18N6. The zero-order valence-electron chi connectivity index (χ0n) is 12.5. The highest BCUT2D eigenvalue weighted by atomic mass is 15.0. The molecule has 0 atom stereocenters. The molecule has 4 aromatic rings. The maximum atomic E-state index is 4.72. The summed E-state index contributed by atoms with van der Waals surface area (Å²) >= 11 is 0. The lowest BCUT2D eigenvalue weighted by Crippen LogP contribution is -1.81. The maximum Gasteiger partial charge on any atom is 0.119 e. The van der Waals surface area contributed by atoms with E-state index >= 15 is 0 Å². The summed E-state index contributed by atoms with van der Waals surface area (Å²) in [6.45, 7) is 6.29. The normalized spacial score (nSPS) is 12.1. The molecule has 0 amide bonds. The minimum absolute atomic E-state index is 0.869. The van der Waals surface area contributed by atoms with E-state index < -0.39 is 0 Å². The van der Waals surface area contributed by atoms with Gasteiger partial charge in [0.1, 0.15) is 34.0 Å². The number of benzene rings is 1. The Kier molecular flexibility index (Phi) is 2.54. The van der Waals surface area contributed by atoms with Gasteiger partial charge in [-0.25, -0.2) is 15.0 Å². The van der Waals surface area contributed by atoms with Crippen LogP contribution in [0.3, 0.4) is 0 Å². The summed E-state index contributed by atoms with van der Waals surface area (Å²) in [4.78, 5) is 24.3. The molecule has 0 bridgehead atoms. The third kappa shape index (κ3) is 1.62. The molecule has 0 radical (unpaired) electrons. The number of aromatic nitrogens is 6. The second kappa shape index (κ2) is 4.31. The summed E-state index contributed by atoms with van der Waals surface area (Å²) in [5.74, 6) is 2.94. The molecule has 3 heterocycles. The van der Waals surface area contributed by atoms with Crippen molar-refractivity contribution in [3.63, 3.8) is 0 Å². The average molecular weight is 282 g/mol. The smallest absolute Gasteiger partial charge is 0.119 e. The van der Waals surface area contributed by atoms with Crippen molar-refractivity contribution < 1.29 is 0 Å². The predicted octanol–water partition coefficient (Wildman–Crippen LogP) is 3.00. The number of hydrogen-bond donors (Lipinski definition) is 3. The summed E-state index contributed by atoms with van der Waals surface area (Å²) in [6, 6.07) is 0. The molecule has 0 saturated carbocycles. The van der Waals surface area contributed by atoms with Crippen molar-refractivity contribution >= 4 is 33.1 Å². The first-order chi connectivity index (χ1) is 10.2. The second-order valence-electron chi connectivity index (χ2n) is 5.28. The summed E-state index contributed by atoms with van der Waals surface area (Å²) in [6.07, 6.45) is 2.62. The standard InChI is InChI=1S/C15H18N6/c1-4-7-16-10-11(17-7)13-15(21-9(6-3)19-13)14-12(10)18-8(5-2)20-14/h4-6H2,1-3H3,(H,16,17)(H,18,20)(H,19,21). The predicted molar refractivity (Wildman–Crippen MR) is 83.5 cm³/mol. The Morgan fingerprint density at radius 1 is 0.571 bits per heavy atom. The van der Waals surface area contributed by atoms with Gasteiger partial charge in [-0.2, -0.15) is 0 Å². The van der Waals surface area contributed by atoms with Gasteiger partial charge >= 0.3 is 0 Å². The lowest BCUT2D eigenvalue weighted by atomic mass is 10.2. The molecule has 0 unspecified atom stereocenters. The molecule has 0 spiro atoms. The van der Waals surface area contributed by atoms with Crippen LogP contribution in [0.1, 0.15) is 38.2 Å². The van der Waals surface area contributed by atoms with Gasteiger partial charge in [0, 0.05) is 19.3 Å². The molecule has 108 valence electrons. The van der Waals surface area contributed by atoms with Crippen molar-refractivity contribution in [2.24, 2.45) is 0 Å². The molecule has 21 heavy (non-hydrogen) atoms. The SMILES string of the molecule is CCc1nc2c3nc(CC)[nH]c3c3[nH]c(CC)nc3c2[nH]1. The van der Waals surface area contributed by atoms with Gasteiger partial charge in [0.15, 0.2) is 0 Å². The van der Waals surface area contributed by atoms with Crippen LogP contribution in [0.25, 0.3) is 33.1 Å². The molecule has 0 aliphatic carbocycles. The van der Waals surface area contributed by atoms with Crippen molar-refractivity contribution in [2.45, 2.75) is 40.0 Å². The van der Waals surface area contributed by atoms with Crippen molar-refractivity contribution in [1.29, 1.82) is 0 Å². The van der Waals surface area contributed by atoms with Crippen LogP contribution >= 0.6 is 0 Å². The molecule has 3 N–H and O–H groups in total. The highest BCUT2D eigenvalue weighted by Crippen LogP contribution is 2.31. The minimum atomic E-state index is 0.869. The zero-order valence-corrected chi connectivity index (χ0v) is 12.5. The molecule has 0 aliphatic heterocycles. The number of H-pyrrole nitrogens is 3. The third-order valence-corrected chi connectivity index (χ3v) is 3.97. The number of aromatic amines is 3. The van der Waals surface area contributed by atoms with Crippen LogP contribution in [0.15, 0.2) is 0 Å². The van der Waals surface area contributed by atoms with Gasteiger partial charge in [-0.05, 0) is 0 Å². The van der Waals surface area contributed by atoms with E-state index in [4.69, 9.17) is 15.0 Å². The van der Waals surface area contributed by atoms with E-state index in [-0.39, 0.29) is 0 Å². The lowest BCUT2D eigenvalue weighted by molar-refractivity contribution is 0.996. The van der Waals surface area contributed by atoms with Crippen LogP contribution in [0, 0.1) is 0 Å². The van der Waals surface area contributed by atoms with E-state index in [9.17, 15) is 0 Å². The molecule has 1 aromatic carbocycles. The van der Waals surface area contributed by atoms with E-state index in [1.807, 2.05) is 0 Å². The van der Waals surface area contributed by atoms with Crippen LogP contribution in [0.2, 0.25) is 0 Å². The number of nitrogens with zero attached hydrogens (tertiary/aromatic N) is 3. The van der Waals surface area contributed by atoms with Gasteiger partial charge in [-0.1, -0.05) is 20.8 Å². The zero-order chi connectivity index (χ0) is 14.6. The van der Waals surface area contributed by atoms with Crippen LogP contribution in [0.4, 0.5) is 0 Å². The van der Waals surface area contributed by atoms with Crippen LogP contribution in [0.5, 0.6) is 0 Å². The highest BCUT2D eigenvalue weighted by Gasteiger charge is 2.18. The van der Waals surface area contributed by atoms with Gasteiger partial charge in [-0.3, -0.25) is 0 Å². The van der Waals surface area contributed by atoms with E-state index in [1.165, 1.54) is 0 Å². The van der Waals surface area contributed by atoms with E-state index in [1.54, 1.807) is 0 Å². The van der Waals surface area contributed by atoms with Gasteiger partial charge < -0.3 is 15.0 Å². The molecule has 6 nitrogen and oxygen atoms in total. The van der Waals surface area contributed by atoms with Gasteiger partial charge in [0.2, 0.25) is 0 Å². The highest BCUT2D eigenvalue weighted by molar-refractivity contribution is 6.18. The maximum absolute atomic E-state index is 4.72. The summed E-state index contributed by atoms with van der Waals surface area (Å²) in [7, 11) is 0. The van der Waals surface area contributed by atoms with Crippen molar-refractivity contribution in [3.05, 3.63) is 17.5 Å². The third-order valence-electron chi connectivity index (χ3n) is 3.97. The Labute approximate surface area is 121 Å². The monoisotopic (exact) mass is 282 g/mol. The van der Waals surface area contributed by atoms with Crippen molar-refractivity contribution in [3.8, 4) is 0 Å². The molecule has 4 rings (SSSR count). The lowest BCUT2D eigenvalue weighted by Gasteiger charge is -1.93. The Morgan fingerprint density at radius 2 is 0.952 bits per heavy atom. The number of rotatable bonds is 3. The average Bonchev–Trinajstić information content (AvgIpc) is 3.20. The number of imidazole rings is 3. The molecule has 0 saturated heterocycles. The first kappa shape index (κ1) is 12.4. The fourth-order valence-electron chi connectivity index (χ4n) is 2.83. The van der Waals surface area contributed by atoms with Crippen LogP contribution < -0.4 is 0 Å². The summed E-state index contributed by atoms with van der Waals surface area (Å²) in [5.41, 5.74) is 5.81. The number of hydrogen-bond acceptors (Lipinski definition) is 3. The molecule has 6 heteroatoms. The van der Waals surface area contributed by atoms with Gasteiger partial charge in [-0.15, -0.1) is 0 Å². The first-order valence-electron chi connectivity index (χ1n) is 7.52. The summed E-state index contributed by atoms with van der Waals surface area (Å²) in [5, 5.41) is 0. The second-order valence-corrected chi connectivity index (χ2v) is 5.28. The molecule has 3 aromatic heterocycles. The fraction of sp³-hybridized carbons (Fsp3) is 0.400. The Bertz CT molecular complexity index is 732. The van der Waals surface area contributed by atoms with Crippen LogP contribution in [-0.2, 0) is 19.3 Å².